The predicted molar refractivity (Wildman–Crippen MR) is 76.0 cm³/mol. The molecule has 1 aromatic rings. The second-order valence-corrected chi connectivity index (χ2v) is 5.38. The Kier molecular flexibility index (Phi) is 3.75. The van der Waals surface area contributed by atoms with Gasteiger partial charge in [-0.05, 0) is 20.8 Å². The third-order valence-electron chi connectivity index (χ3n) is 2.99. The van der Waals surface area contributed by atoms with Crippen molar-refractivity contribution in [2.75, 3.05) is 36.9 Å². The average molecular weight is 266 g/mol. The number of nitrogens with zero attached hydrogens (tertiary/aromatic N) is 1. The topological polar surface area (TPSA) is 68.0 Å². The number of benzene rings is 1. The van der Waals surface area contributed by atoms with Gasteiger partial charge in [-0.15, -0.1) is 0 Å². The molecule has 5 heteroatoms. The molecule has 0 fully saturated rings. The first-order valence-electron chi connectivity index (χ1n) is 6.57. The summed E-state index contributed by atoms with van der Waals surface area (Å²) < 4.78 is 11.1. The van der Waals surface area contributed by atoms with E-state index in [1.54, 1.807) is 19.9 Å². The lowest BCUT2D eigenvalue weighted by molar-refractivity contribution is 0.0876. The number of anilines is 2. The van der Waals surface area contributed by atoms with Crippen molar-refractivity contribution in [2.24, 2.45) is 0 Å². The largest absolute Gasteiger partial charge is 0.486 e. The molecule has 5 nitrogen and oxygen atoms in total. The van der Waals surface area contributed by atoms with Crippen LogP contribution in [-0.2, 0) is 0 Å². The Morgan fingerprint density at radius 2 is 1.84 bits per heavy atom. The first-order valence-corrected chi connectivity index (χ1v) is 6.57. The number of nitrogen functional groups attached to an aromatic ring is 1. The van der Waals surface area contributed by atoms with Crippen LogP contribution in [0.15, 0.2) is 12.1 Å². The van der Waals surface area contributed by atoms with E-state index >= 15 is 0 Å². The SMILES string of the molecule is CCN(CC(C)(C)O)c1cc2c(cc1N)OCCO2. The minimum Gasteiger partial charge on any atom is -0.486 e. The van der Waals surface area contributed by atoms with E-state index in [9.17, 15) is 5.11 Å². The number of ether oxygens (including phenoxy) is 2. The van der Waals surface area contributed by atoms with E-state index in [1.807, 2.05) is 17.9 Å². The summed E-state index contributed by atoms with van der Waals surface area (Å²) in [6, 6.07) is 3.68. The molecule has 3 N–H and O–H groups in total. The average Bonchev–Trinajstić information content (AvgIpc) is 2.34. The summed E-state index contributed by atoms with van der Waals surface area (Å²) in [6.07, 6.45) is 0. The van der Waals surface area contributed by atoms with Crippen molar-refractivity contribution in [2.45, 2.75) is 26.4 Å². The van der Waals surface area contributed by atoms with Gasteiger partial charge in [0.1, 0.15) is 13.2 Å². The summed E-state index contributed by atoms with van der Waals surface area (Å²) in [7, 11) is 0. The van der Waals surface area contributed by atoms with Crippen molar-refractivity contribution >= 4 is 11.4 Å². The van der Waals surface area contributed by atoms with Crippen LogP contribution in [0.5, 0.6) is 11.5 Å². The number of likely N-dealkylation sites (N-methyl/N-ethyl adjacent to an activating group) is 1. The zero-order valence-corrected chi connectivity index (χ0v) is 11.8. The van der Waals surface area contributed by atoms with Gasteiger partial charge in [0.25, 0.3) is 0 Å². The molecule has 0 aromatic heterocycles. The third-order valence-corrected chi connectivity index (χ3v) is 2.99. The molecule has 1 aliphatic rings. The first kappa shape index (κ1) is 13.8. The van der Waals surface area contributed by atoms with Crippen LogP contribution in [-0.4, -0.2) is 37.0 Å². The minimum absolute atomic E-state index is 0.507. The Morgan fingerprint density at radius 3 is 2.37 bits per heavy atom. The lowest BCUT2D eigenvalue weighted by Gasteiger charge is -2.31. The monoisotopic (exact) mass is 266 g/mol. The van der Waals surface area contributed by atoms with Crippen molar-refractivity contribution in [3.63, 3.8) is 0 Å². The molecule has 0 atom stereocenters. The zero-order chi connectivity index (χ0) is 14.0. The van der Waals surface area contributed by atoms with Crippen molar-refractivity contribution in [3.05, 3.63) is 12.1 Å². The van der Waals surface area contributed by atoms with E-state index in [-0.39, 0.29) is 0 Å². The van der Waals surface area contributed by atoms with Crippen LogP contribution in [0, 0.1) is 0 Å². The van der Waals surface area contributed by atoms with Gasteiger partial charge in [-0.1, -0.05) is 0 Å². The smallest absolute Gasteiger partial charge is 0.163 e. The van der Waals surface area contributed by atoms with E-state index in [2.05, 4.69) is 0 Å². The molecule has 19 heavy (non-hydrogen) atoms. The molecule has 1 aliphatic heterocycles. The fraction of sp³-hybridized carbons (Fsp3) is 0.571. The molecular formula is C14H22N2O3. The molecule has 0 radical (unpaired) electrons. The summed E-state index contributed by atoms with van der Waals surface area (Å²) >= 11 is 0. The second kappa shape index (κ2) is 5.17. The molecule has 0 aliphatic carbocycles. The zero-order valence-electron chi connectivity index (χ0n) is 11.8. The van der Waals surface area contributed by atoms with Crippen molar-refractivity contribution in [3.8, 4) is 11.5 Å². The molecule has 1 heterocycles. The van der Waals surface area contributed by atoms with E-state index in [0.717, 1.165) is 12.2 Å². The molecule has 1 aromatic carbocycles. The highest BCUT2D eigenvalue weighted by Crippen LogP contribution is 2.38. The van der Waals surface area contributed by atoms with E-state index in [1.165, 1.54) is 0 Å². The number of aliphatic hydroxyl groups is 1. The summed E-state index contributed by atoms with van der Waals surface area (Å²) in [4.78, 5) is 2.04. The lowest BCUT2D eigenvalue weighted by Crippen LogP contribution is -2.39. The number of hydrogen-bond donors (Lipinski definition) is 2. The normalized spacial score (nSPS) is 14.3. The molecule has 2 rings (SSSR count). The highest BCUT2D eigenvalue weighted by Gasteiger charge is 2.22. The van der Waals surface area contributed by atoms with Gasteiger partial charge in [0.05, 0.1) is 17.0 Å². The molecule has 0 spiro atoms. The second-order valence-electron chi connectivity index (χ2n) is 5.38. The summed E-state index contributed by atoms with van der Waals surface area (Å²) in [5.74, 6) is 1.40. The Balaban J connectivity index is 2.32. The van der Waals surface area contributed by atoms with Gasteiger partial charge in [-0.2, -0.15) is 0 Å². The Hall–Kier alpha value is -1.62. The van der Waals surface area contributed by atoms with Crippen LogP contribution in [0.3, 0.4) is 0 Å². The van der Waals surface area contributed by atoms with Crippen LogP contribution < -0.4 is 20.1 Å². The van der Waals surface area contributed by atoms with E-state index in [4.69, 9.17) is 15.2 Å². The van der Waals surface area contributed by atoms with Gasteiger partial charge in [-0.3, -0.25) is 0 Å². The van der Waals surface area contributed by atoms with E-state index in [0.29, 0.717) is 36.9 Å². The van der Waals surface area contributed by atoms with Gasteiger partial charge < -0.3 is 25.2 Å². The number of rotatable bonds is 4. The van der Waals surface area contributed by atoms with Gasteiger partial charge in [0, 0.05) is 25.2 Å². The van der Waals surface area contributed by atoms with Gasteiger partial charge in [0.2, 0.25) is 0 Å². The molecule has 0 bridgehead atoms. The van der Waals surface area contributed by atoms with Crippen LogP contribution in [0.25, 0.3) is 0 Å². The standard InChI is InChI=1S/C14H22N2O3/c1-4-16(9-14(2,3)17)11-8-13-12(7-10(11)15)18-5-6-19-13/h7-8,17H,4-6,9,15H2,1-3H3. The first-order chi connectivity index (χ1) is 8.90. The summed E-state index contributed by atoms with van der Waals surface area (Å²) in [5.41, 5.74) is 6.80. The number of hydrogen-bond acceptors (Lipinski definition) is 5. The van der Waals surface area contributed by atoms with Crippen molar-refractivity contribution < 1.29 is 14.6 Å². The molecular weight excluding hydrogens is 244 g/mol. The number of fused-ring (bicyclic) bond motifs is 1. The molecule has 0 saturated carbocycles. The van der Waals surface area contributed by atoms with Crippen LogP contribution >= 0.6 is 0 Å². The van der Waals surface area contributed by atoms with E-state index < -0.39 is 5.60 Å². The highest BCUT2D eigenvalue weighted by atomic mass is 16.6. The van der Waals surface area contributed by atoms with Gasteiger partial charge >= 0.3 is 0 Å². The maximum absolute atomic E-state index is 9.97. The molecule has 0 amide bonds. The molecule has 0 unspecified atom stereocenters. The Bertz CT molecular complexity index is 455. The van der Waals surface area contributed by atoms with Gasteiger partial charge in [-0.25, -0.2) is 0 Å². The fourth-order valence-electron chi connectivity index (χ4n) is 2.20. The van der Waals surface area contributed by atoms with Crippen LogP contribution in [0.4, 0.5) is 11.4 Å². The Labute approximate surface area is 113 Å². The quantitative estimate of drug-likeness (QED) is 0.811. The molecule has 106 valence electrons. The van der Waals surface area contributed by atoms with Crippen molar-refractivity contribution in [1.29, 1.82) is 0 Å². The van der Waals surface area contributed by atoms with Gasteiger partial charge in [0.15, 0.2) is 11.5 Å². The minimum atomic E-state index is -0.782. The van der Waals surface area contributed by atoms with Crippen LogP contribution in [0.2, 0.25) is 0 Å². The lowest BCUT2D eigenvalue weighted by atomic mass is 10.1. The maximum Gasteiger partial charge on any atom is 0.163 e. The summed E-state index contributed by atoms with van der Waals surface area (Å²) in [6.45, 7) is 7.96. The summed E-state index contributed by atoms with van der Waals surface area (Å²) in [5, 5.41) is 9.97. The van der Waals surface area contributed by atoms with Crippen LogP contribution in [0.1, 0.15) is 20.8 Å². The third kappa shape index (κ3) is 3.23. The maximum atomic E-state index is 9.97. The predicted octanol–water partition coefficient (Wildman–Crippen LogP) is 1.64. The molecule has 0 saturated heterocycles. The highest BCUT2D eigenvalue weighted by molar-refractivity contribution is 5.73. The Morgan fingerprint density at radius 1 is 1.26 bits per heavy atom. The van der Waals surface area contributed by atoms with Crippen molar-refractivity contribution in [1.82, 2.24) is 0 Å². The fourth-order valence-corrected chi connectivity index (χ4v) is 2.20. The number of nitrogens with two attached hydrogens (primary N) is 1.